The molecule has 0 aromatic rings. The van der Waals surface area contributed by atoms with Crippen molar-refractivity contribution in [3.8, 4) is 0 Å². The first-order valence-corrected chi connectivity index (χ1v) is 6.14. The van der Waals surface area contributed by atoms with Crippen molar-refractivity contribution in [2.75, 3.05) is 34.0 Å². The molecule has 0 aliphatic carbocycles. The smallest absolute Gasteiger partial charge is 0.101 e. The number of hydrogen-bond acceptors (Lipinski definition) is 4. The zero-order chi connectivity index (χ0) is 14.0. The fourth-order valence-corrected chi connectivity index (χ4v) is 1.65. The highest BCUT2D eigenvalue weighted by Crippen LogP contribution is 2.14. The summed E-state index contributed by atoms with van der Waals surface area (Å²) in [5.74, 6) is -0.0148. The van der Waals surface area contributed by atoms with E-state index in [0.29, 0.717) is 19.8 Å². The average Bonchev–Trinajstić information content (AvgIpc) is 2.36. The molecule has 0 saturated heterocycles. The molecule has 0 radical (unpaired) electrons. The summed E-state index contributed by atoms with van der Waals surface area (Å²) in [5.41, 5.74) is 1.08. The highest BCUT2D eigenvalue weighted by molar-refractivity contribution is 5.04. The van der Waals surface area contributed by atoms with Crippen molar-refractivity contribution in [3.63, 3.8) is 0 Å². The van der Waals surface area contributed by atoms with Crippen LogP contribution in [0.4, 0.5) is 0 Å². The van der Waals surface area contributed by atoms with Crippen molar-refractivity contribution in [3.05, 3.63) is 24.3 Å². The molecule has 0 fully saturated rings. The van der Waals surface area contributed by atoms with Gasteiger partial charge >= 0.3 is 0 Å². The number of aliphatic hydroxyl groups excluding tert-OH is 1. The third-order valence-electron chi connectivity index (χ3n) is 2.69. The van der Waals surface area contributed by atoms with E-state index >= 15 is 0 Å². The van der Waals surface area contributed by atoms with Gasteiger partial charge in [-0.3, -0.25) is 0 Å². The molecule has 4 nitrogen and oxygen atoms in total. The molecule has 0 aromatic carbocycles. The van der Waals surface area contributed by atoms with E-state index in [-0.39, 0.29) is 12.0 Å². The van der Waals surface area contributed by atoms with E-state index in [0.717, 1.165) is 5.57 Å². The molecule has 3 unspecified atom stereocenters. The first-order chi connectivity index (χ1) is 8.56. The largest absolute Gasteiger partial charge is 0.389 e. The van der Waals surface area contributed by atoms with Gasteiger partial charge in [0, 0.05) is 20.1 Å². The van der Waals surface area contributed by atoms with E-state index in [4.69, 9.17) is 14.2 Å². The van der Waals surface area contributed by atoms with Gasteiger partial charge in [0.2, 0.25) is 0 Å². The normalized spacial score (nSPS) is 17.3. The van der Waals surface area contributed by atoms with Crippen LogP contribution in [0.2, 0.25) is 0 Å². The van der Waals surface area contributed by atoms with Crippen LogP contribution in [0.25, 0.3) is 0 Å². The summed E-state index contributed by atoms with van der Waals surface area (Å²) >= 11 is 0. The van der Waals surface area contributed by atoms with Gasteiger partial charge in [0.25, 0.3) is 0 Å². The van der Waals surface area contributed by atoms with Crippen molar-refractivity contribution >= 4 is 0 Å². The number of rotatable bonds is 10. The Balaban J connectivity index is 4.16. The molecule has 3 atom stereocenters. The standard InChI is InChI=1S/C14H26O4/c1-6-13(17-5)14(15)12(3)9-11(2)10-18-8-7-16-4/h6,9,12-15H,1,7-8,10H2,2-5H3. The van der Waals surface area contributed by atoms with Crippen LogP contribution < -0.4 is 0 Å². The lowest BCUT2D eigenvalue weighted by Crippen LogP contribution is -2.31. The maximum Gasteiger partial charge on any atom is 0.101 e. The topological polar surface area (TPSA) is 47.9 Å². The van der Waals surface area contributed by atoms with Crippen LogP contribution >= 0.6 is 0 Å². The van der Waals surface area contributed by atoms with Gasteiger partial charge in [0.05, 0.1) is 25.9 Å². The minimum Gasteiger partial charge on any atom is -0.389 e. The molecule has 0 amide bonds. The summed E-state index contributed by atoms with van der Waals surface area (Å²) in [7, 11) is 3.21. The molecule has 0 aliphatic rings. The van der Waals surface area contributed by atoms with Crippen LogP contribution in [0, 0.1) is 5.92 Å². The third kappa shape index (κ3) is 6.91. The number of methoxy groups -OCH3 is 2. The predicted molar refractivity (Wildman–Crippen MR) is 72.6 cm³/mol. The first kappa shape index (κ1) is 17.3. The third-order valence-corrected chi connectivity index (χ3v) is 2.69. The summed E-state index contributed by atoms with van der Waals surface area (Å²) in [5, 5.41) is 10.0. The van der Waals surface area contributed by atoms with Crippen molar-refractivity contribution in [1.29, 1.82) is 0 Å². The van der Waals surface area contributed by atoms with E-state index in [2.05, 4.69) is 6.58 Å². The SMILES string of the molecule is C=CC(OC)C(O)C(C)C=C(C)COCCOC. The van der Waals surface area contributed by atoms with Crippen LogP contribution in [0.3, 0.4) is 0 Å². The van der Waals surface area contributed by atoms with Crippen LogP contribution in [0.1, 0.15) is 13.8 Å². The Morgan fingerprint density at radius 1 is 1.33 bits per heavy atom. The lowest BCUT2D eigenvalue weighted by molar-refractivity contribution is -0.00174. The molecule has 0 spiro atoms. The summed E-state index contributed by atoms with van der Waals surface area (Å²) < 4.78 is 15.4. The highest BCUT2D eigenvalue weighted by Gasteiger charge is 2.20. The molecule has 1 N–H and O–H groups in total. The Hall–Kier alpha value is -0.680. The van der Waals surface area contributed by atoms with Gasteiger partial charge in [-0.2, -0.15) is 0 Å². The van der Waals surface area contributed by atoms with Crippen LogP contribution in [-0.2, 0) is 14.2 Å². The zero-order valence-corrected chi connectivity index (χ0v) is 11.9. The molecule has 0 rings (SSSR count). The minimum absolute atomic E-state index is 0.0148. The second-order valence-corrected chi connectivity index (χ2v) is 4.34. The van der Waals surface area contributed by atoms with Gasteiger partial charge in [0.15, 0.2) is 0 Å². The maximum absolute atomic E-state index is 10.0. The lowest BCUT2D eigenvalue weighted by Gasteiger charge is -2.22. The van der Waals surface area contributed by atoms with Gasteiger partial charge in [-0.05, 0) is 6.92 Å². The maximum atomic E-state index is 10.0. The average molecular weight is 258 g/mol. The molecular weight excluding hydrogens is 232 g/mol. The Kier molecular flexibility index (Phi) is 9.87. The fraction of sp³-hybridized carbons (Fsp3) is 0.714. The van der Waals surface area contributed by atoms with E-state index in [1.807, 2.05) is 19.9 Å². The molecule has 0 heterocycles. The Morgan fingerprint density at radius 3 is 2.50 bits per heavy atom. The van der Waals surface area contributed by atoms with Crippen LogP contribution in [0.15, 0.2) is 24.3 Å². The van der Waals surface area contributed by atoms with Gasteiger partial charge in [0.1, 0.15) is 6.10 Å². The number of ether oxygens (including phenoxy) is 3. The Morgan fingerprint density at radius 2 is 2.00 bits per heavy atom. The van der Waals surface area contributed by atoms with Gasteiger partial charge < -0.3 is 19.3 Å². The van der Waals surface area contributed by atoms with E-state index in [1.54, 1.807) is 20.3 Å². The number of hydrogen-bond donors (Lipinski definition) is 1. The number of aliphatic hydroxyl groups is 1. The summed E-state index contributed by atoms with van der Waals surface area (Å²) in [4.78, 5) is 0. The van der Waals surface area contributed by atoms with Crippen molar-refractivity contribution in [1.82, 2.24) is 0 Å². The van der Waals surface area contributed by atoms with Crippen LogP contribution in [-0.4, -0.2) is 51.4 Å². The van der Waals surface area contributed by atoms with E-state index in [1.165, 1.54) is 0 Å². The summed E-state index contributed by atoms with van der Waals surface area (Å²) in [6.07, 6.45) is 2.66. The fourth-order valence-electron chi connectivity index (χ4n) is 1.65. The summed E-state index contributed by atoms with van der Waals surface area (Å²) in [6, 6.07) is 0. The molecular formula is C14H26O4. The predicted octanol–water partition coefficient (Wildman–Crippen LogP) is 1.79. The van der Waals surface area contributed by atoms with E-state index in [9.17, 15) is 5.11 Å². The zero-order valence-electron chi connectivity index (χ0n) is 11.9. The van der Waals surface area contributed by atoms with Crippen molar-refractivity contribution in [2.45, 2.75) is 26.1 Å². The van der Waals surface area contributed by atoms with E-state index < -0.39 is 6.10 Å². The molecule has 0 saturated carbocycles. The Bertz CT molecular complexity index is 250. The van der Waals surface area contributed by atoms with Gasteiger partial charge in [-0.25, -0.2) is 0 Å². The molecule has 106 valence electrons. The summed E-state index contributed by atoms with van der Waals surface area (Å²) in [6.45, 7) is 9.28. The molecule has 0 aliphatic heterocycles. The quantitative estimate of drug-likeness (QED) is 0.479. The van der Waals surface area contributed by atoms with Crippen molar-refractivity contribution in [2.24, 2.45) is 5.92 Å². The van der Waals surface area contributed by atoms with Crippen molar-refractivity contribution < 1.29 is 19.3 Å². The molecule has 0 bridgehead atoms. The molecule has 0 aromatic heterocycles. The lowest BCUT2D eigenvalue weighted by atomic mass is 9.97. The second-order valence-electron chi connectivity index (χ2n) is 4.34. The monoisotopic (exact) mass is 258 g/mol. The molecule has 18 heavy (non-hydrogen) atoms. The Labute approximate surface area is 110 Å². The first-order valence-electron chi connectivity index (χ1n) is 6.14. The van der Waals surface area contributed by atoms with Gasteiger partial charge in [-0.1, -0.05) is 24.6 Å². The second kappa shape index (κ2) is 10.3. The van der Waals surface area contributed by atoms with Gasteiger partial charge in [-0.15, -0.1) is 6.58 Å². The molecule has 4 heteroatoms. The van der Waals surface area contributed by atoms with Crippen LogP contribution in [0.5, 0.6) is 0 Å². The minimum atomic E-state index is -0.596. The highest BCUT2D eigenvalue weighted by atomic mass is 16.5.